The molecule has 0 aromatic heterocycles. The molecule has 1 saturated heterocycles. The zero-order valence-electron chi connectivity index (χ0n) is 11.6. The molecule has 1 aromatic rings. The van der Waals surface area contributed by atoms with E-state index in [1.54, 1.807) is 13.0 Å². The highest BCUT2D eigenvalue weighted by Crippen LogP contribution is 2.28. The van der Waals surface area contributed by atoms with Crippen LogP contribution in [0, 0.1) is 23.0 Å². The predicted octanol–water partition coefficient (Wildman–Crippen LogP) is 2.34. The van der Waals surface area contributed by atoms with E-state index in [0.717, 1.165) is 37.3 Å². The minimum absolute atomic E-state index is 0.216. The number of nitro groups is 1. The Hall–Kier alpha value is -1.62. The van der Waals surface area contributed by atoms with Crippen LogP contribution in [0.2, 0.25) is 0 Å². The number of hydrogen-bond acceptors (Lipinski definition) is 4. The molecular weight excluding hydrogens is 242 g/mol. The average Bonchev–Trinajstić information content (AvgIpc) is 2.39. The van der Waals surface area contributed by atoms with E-state index in [0.29, 0.717) is 5.92 Å². The minimum Gasteiger partial charge on any atom is -0.371 e. The van der Waals surface area contributed by atoms with Gasteiger partial charge >= 0.3 is 0 Å². The Kier molecular flexibility index (Phi) is 4.37. The first kappa shape index (κ1) is 13.8. The van der Waals surface area contributed by atoms with Crippen LogP contribution in [0.25, 0.3) is 0 Å². The van der Waals surface area contributed by atoms with Crippen LogP contribution in [0.1, 0.15) is 18.4 Å². The summed E-state index contributed by atoms with van der Waals surface area (Å²) in [6, 6.07) is 5.54. The predicted molar refractivity (Wildman–Crippen MR) is 76.7 cm³/mol. The van der Waals surface area contributed by atoms with E-state index in [1.165, 1.54) is 6.42 Å². The molecule has 1 unspecified atom stereocenters. The van der Waals surface area contributed by atoms with Crippen molar-refractivity contribution in [1.29, 1.82) is 0 Å². The van der Waals surface area contributed by atoms with Crippen LogP contribution in [0.4, 0.5) is 11.4 Å². The van der Waals surface area contributed by atoms with E-state index in [2.05, 4.69) is 10.2 Å². The lowest BCUT2D eigenvalue weighted by atomic mass is 9.97. The van der Waals surface area contributed by atoms with E-state index < -0.39 is 0 Å². The van der Waals surface area contributed by atoms with Crippen molar-refractivity contribution in [2.75, 3.05) is 31.6 Å². The molecule has 104 valence electrons. The van der Waals surface area contributed by atoms with Gasteiger partial charge in [0.25, 0.3) is 5.69 Å². The van der Waals surface area contributed by atoms with E-state index in [-0.39, 0.29) is 10.6 Å². The number of nitrogens with zero attached hydrogens (tertiary/aromatic N) is 2. The number of hydrogen-bond donors (Lipinski definition) is 1. The second kappa shape index (κ2) is 6.02. The van der Waals surface area contributed by atoms with Gasteiger partial charge in [0, 0.05) is 30.4 Å². The van der Waals surface area contributed by atoms with Crippen LogP contribution in [-0.4, -0.2) is 31.6 Å². The molecule has 0 saturated carbocycles. The molecule has 0 aliphatic carbocycles. The molecular formula is C14H21N3O2. The summed E-state index contributed by atoms with van der Waals surface area (Å²) in [5, 5.41) is 14.2. The van der Waals surface area contributed by atoms with Crippen LogP contribution >= 0.6 is 0 Å². The number of rotatable bonds is 4. The van der Waals surface area contributed by atoms with Gasteiger partial charge in [-0.1, -0.05) is 6.07 Å². The lowest BCUT2D eigenvalue weighted by molar-refractivity contribution is -0.385. The normalized spacial score (nSPS) is 19.5. The summed E-state index contributed by atoms with van der Waals surface area (Å²) < 4.78 is 0. The Balaban J connectivity index is 2.17. The van der Waals surface area contributed by atoms with E-state index >= 15 is 0 Å². The second-order valence-corrected chi connectivity index (χ2v) is 5.24. The Bertz CT molecular complexity index is 460. The molecule has 0 amide bonds. The van der Waals surface area contributed by atoms with Gasteiger partial charge in [-0.05, 0) is 45.3 Å². The summed E-state index contributed by atoms with van der Waals surface area (Å²) in [5.41, 5.74) is 1.91. The first-order valence-electron chi connectivity index (χ1n) is 6.76. The largest absolute Gasteiger partial charge is 0.371 e. The van der Waals surface area contributed by atoms with Crippen molar-refractivity contribution in [3.63, 3.8) is 0 Å². The number of anilines is 1. The van der Waals surface area contributed by atoms with Crippen molar-refractivity contribution in [1.82, 2.24) is 5.32 Å². The molecule has 1 N–H and O–H groups in total. The SMILES string of the molecule is CNCC1CCCN(c2ccc(C)c([N+](=O)[O-])c2)C1. The van der Waals surface area contributed by atoms with Gasteiger partial charge in [0.15, 0.2) is 0 Å². The van der Waals surface area contributed by atoms with Crippen molar-refractivity contribution >= 4 is 11.4 Å². The fourth-order valence-corrected chi connectivity index (χ4v) is 2.75. The Morgan fingerprint density at radius 3 is 3.00 bits per heavy atom. The molecule has 1 heterocycles. The maximum Gasteiger partial charge on any atom is 0.274 e. The summed E-state index contributed by atoms with van der Waals surface area (Å²) in [4.78, 5) is 13.0. The van der Waals surface area contributed by atoms with E-state index in [4.69, 9.17) is 0 Å². The average molecular weight is 263 g/mol. The van der Waals surface area contributed by atoms with E-state index in [1.807, 2.05) is 19.2 Å². The fraction of sp³-hybridized carbons (Fsp3) is 0.571. The van der Waals surface area contributed by atoms with Crippen molar-refractivity contribution < 1.29 is 4.92 Å². The summed E-state index contributed by atoms with van der Waals surface area (Å²) in [5.74, 6) is 0.624. The fourth-order valence-electron chi connectivity index (χ4n) is 2.75. The van der Waals surface area contributed by atoms with Gasteiger partial charge in [0.05, 0.1) is 4.92 Å². The highest BCUT2D eigenvalue weighted by atomic mass is 16.6. The molecule has 0 spiro atoms. The maximum absolute atomic E-state index is 11.0. The number of benzene rings is 1. The highest BCUT2D eigenvalue weighted by Gasteiger charge is 2.21. The maximum atomic E-state index is 11.0. The second-order valence-electron chi connectivity index (χ2n) is 5.24. The molecule has 5 nitrogen and oxygen atoms in total. The summed E-state index contributed by atoms with van der Waals surface area (Å²) in [7, 11) is 1.97. The molecule has 1 fully saturated rings. The highest BCUT2D eigenvalue weighted by molar-refractivity contribution is 5.56. The monoisotopic (exact) mass is 263 g/mol. The van der Waals surface area contributed by atoms with Crippen LogP contribution in [-0.2, 0) is 0 Å². The molecule has 0 radical (unpaired) electrons. The Morgan fingerprint density at radius 1 is 1.53 bits per heavy atom. The first-order valence-corrected chi connectivity index (χ1v) is 6.76. The Labute approximate surface area is 113 Å². The van der Waals surface area contributed by atoms with Crippen molar-refractivity contribution in [2.45, 2.75) is 19.8 Å². The van der Waals surface area contributed by atoms with Gasteiger partial charge in [0.2, 0.25) is 0 Å². The number of nitro benzene ring substituents is 1. The van der Waals surface area contributed by atoms with Crippen molar-refractivity contribution in [3.8, 4) is 0 Å². The van der Waals surface area contributed by atoms with Crippen LogP contribution in [0.3, 0.4) is 0 Å². The van der Waals surface area contributed by atoms with Gasteiger partial charge in [-0.3, -0.25) is 10.1 Å². The molecule has 1 atom stereocenters. The van der Waals surface area contributed by atoms with Gasteiger partial charge in [-0.15, -0.1) is 0 Å². The number of piperidine rings is 1. The van der Waals surface area contributed by atoms with Crippen molar-refractivity contribution in [2.24, 2.45) is 5.92 Å². The molecule has 5 heteroatoms. The number of nitrogens with one attached hydrogen (secondary N) is 1. The summed E-state index contributed by atoms with van der Waals surface area (Å²) in [6.07, 6.45) is 2.37. The van der Waals surface area contributed by atoms with Crippen LogP contribution < -0.4 is 10.2 Å². The first-order chi connectivity index (χ1) is 9.11. The topological polar surface area (TPSA) is 58.4 Å². The van der Waals surface area contributed by atoms with Crippen molar-refractivity contribution in [3.05, 3.63) is 33.9 Å². The number of aryl methyl sites for hydroxylation is 1. The molecule has 0 bridgehead atoms. The quantitative estimate of drug-likeness (QED) is 0.669. The minimum atomic E-state index is -0.298. The third kappa shape index (κ3) is 3.23. The van der Waals surface area contributed by atoms with E-state index in [9.17, 15) is 10.1 Å². The third-order valence-electron chi connectivity index (χ3n) is 3.77. The molecule has 2 rings (SSSR count). The van der Waals surface area contributed by atoms with Gasteiger partial charge in [-0.2, -0.15) is 0 Å². The molecule has 19 heavy (non-hydrogen) atoms. The molecule has 1 aliphatic heterocycles. The van der Waals surface area contributed by atoms with Gasteiger partial charge in [-0.25, -0.2) is 0 Å². The Morgan fingerprint density at radius 2 is 2.32 bits per heavy atom. The third-order valence-corrected chi connectivity index (χ3v) is 3.77. The van der Waals surface area contributed by atoms with Gasteiger partial charge < -0.3 is 10.2 Å². The molecule has 1 aliphatic rings. The van der Waals surface area contributed by atoms with Crippen LogP contribution in [0.15, 0.2) is 18.2 Å². The standard InChI is InChI=1S/C14H21N3O2/c1-11-5-6-13(8-14(11)17(18)19)16-7-3-4-12(10-16)9-15-2/h5-6,8,12,15H,3-4,7,9-10H2,1-2H3. The lowest BCUT2D eigenvalue weighted by Crippen LogP contribution is -2.39. The lowest BCUT2D eigenvalue weighted by Gasteiger charge is -2.34. The molecule has 1 aromatic carbocycles. The zero-order valence-corrected chi connectivity index (χ0v) is 11.6. The van der Waals surface area contributed by atoms with Gasteiger partial charge in [0.1, 0.15) is 0 Å². The summed E-state index contributed by atoms with van der Waals surface area (Å²) in [6.45, 7) is 4.74. The zero-order chi connectivity index (χ0) is 13.8. The summed E-state index contributed by atoms with van der Waals surface area (Å²) >= 11 is 0. The smallest absolute Gasteiger partial charge is 0.274 e. The van der Waals surface area contributed by atoms with Crippen LogP contribution in [0.5, 0.6) is 0 Å².